The van der Waals surface area contributed by atoms with Crippen LogP contribution in [0.15, 0.2) is 29.2 Å². The van der Waals surface area contributed by atoms with E-state index in [9.17, 15) is 9.18 Å². The monoisotopic (exact) mass is 431 g/mol. The minimum atomic E-state index is -0.463. The van der Waals surface area contributed by atoms with Gasteiger partial charge in [0, 0.05) is 19.2 Å². The Balaban J connectivity index is 1.30. The second-order valence-electron chi connectivity index (χ2n) is 8.16. The highest BCUT2D eigenvalue weighted by molar-refractivity contribution is 6.30. The summed E-state index contributed by atoms with van der Waals surface area (Å²) in [6.45, 7) is 3.38. The average Bonchev–Trinajstić information content (AvgIpc) is 3.36. The molecule has 0 spiro atoms. The molecule has 0 unspecified atom stereocenters. The van der Waals surface area contributed by atoms with Crippen LogP contribution in [0.25, 0.3) is 11.0 Å². The number of benzene rings is 1. The Morgan fingerprint density at radius 2 is 2.07 bits per heavy atom. The molecule has 7 nitrogen and oxygen atoms in total. The quantitative estimate of drug-likeness (QED) is 0.664. The van der Waals surface area contributed by atoms with Crippen LogP contribution in [0.1, 0.15) is 50.5 Å². The molecule has 9 heteroatoms. The van der Waals surface area contributed by atoms with E-state index >= 15 is 0 Å². The van der Waals surface area contributed by atoms with Gasteiger partial charge in [0.2, 0.25) is 0 Å². The van der Waals surface area contributed by atoms with Crippen molar-refractivity contribution in [3.63, 3.8) is 0 Å². The third kappa shape index (κ3) is 3.48. The van der Waals surface area contributed by atoms with Gasteiger partial charge in [-0.3, -0.25) is 9.69 Å². The third-order valence-corrected chi connectivity index (χ3v) is 6.46. The number of aromatic amines is 1. The Morgan fingerprint density at radius 3 is 2.80 bits per heavy atom. The van der Waals surface area contributed by atoms with Gasteiger partial charge < -0.3 is 9.72 Å². The number of hydrogen-bond donors (Lipinski definition) is 1. The molecule has 1 aromatic carbocycles. The largest absolute Gasteiger partial charge is 0.488 e. The lowest BCUT2D eigenvalue weighted by Crippen LogP contribution is -2.54. The zero-order chi connectivity index (χ0) is 20.8. The molecule has 2 aromatic heterocycles. The maximum absolute atomic E-state index is 13.3. The van der Waals surface area contributed by atoms with Crippen molar-refractivity contribution in [1.29, 1.82) is 0 Å². The van der Waals surface area contributed by atoms with Gasteiger partial charge in [0.05, 0.1) is 23.3 Å². The number of ether oxygens (including phenoxy) is 1. The van der Waals surface area contributed by atoms with Gasteiger partial charge in [-0.1, -0.05) is 24.4 Å². The number of H-pyrrole nitrogens is 1. The minimum absolute atomic E-state index is 0.0200. The molecular formula is C21H23ClFN5O2. The normalized spacial score (nSPS) is 19.3. The predicted octanol–water partition coefficient (Wildman–Crippen LogP) is 3.85. The Labute approximate surface area is 177 Å². The first-order valence-corrected chi connectivity index (χ1v) is 10.7. The summed E-state index contributed by atoms with van der Waals surface area (Å²) in [5.41, 5.74) is 0.516. The van der Waals surface area contributed by atoms with E-state index in [0.29, 0.717) is 41.7 Å². The van der Waals surface area contributed by atoms with Crippen LogP contribution in [-0.4, -0.2) is 43.8 Å². The van der Waals surface area contributed by atoms with Crippen molar-refractivity contribution in [2.45, 2.75) is 50.8 Å². The van der Waals surface area contributed by atoms with Crippen LogP contribution in [0.4, 0.5) is 4.39 Å². The number of nitrogens with one attached hydrogen (secondary N) is 1. The molecule has 1 N–H and O–H groups in total. The van der Waals surface area contributed by atoms with Gasteiger partial charge in [-0.05, 0) is 31.9 Å². The molecule has 2 aliphatic rings. The van der Waals surface area contributed by atoms with Gasteiger partial charge in [-0.15, -0.1) is 0 Å². The maximum atomic E-state index is 13.3. The molecule has 1 saturated heterocycles. The molecule has 2 fully saturated rings. The average molecular weight is 432 g/mol. The van der Waals surface area contributed by atoms with Crippen molar-refractivity contribution >= 4 is 22.6 Å². The van der Waals surface area contributed by atoms with Crippen LogP contribution in [0.3, 0.4) is 0 Å². The van der Waals surface area contributed by atoms with Crippen molar-refractivity contribution < 1.29 is 9.13 Å². The van der Waals surface area contributed by atoms with E-state index in [2.05, 4.69) is 15.0 Å². The Kier molecular flexibility index (Phi) is 4.99. The fourth-order valence-corrected chi connectivity index (χ4v) is 4.51. The Morgan fingerprint density at radius 1 is 1.30 bits per heavy atom. The summed E-state index contributed by atoms with van der Waals surface area (Å²) in [6, 6.07) is 4.62. The fraction of sp³-hybridized carbons (Fsp3) is 0.476. The first kappa shape index (κ1) is 19.5. The summed E-state index contributed by atoms with van der Waals surface area (Å²) < 4.78 is 21.1. The van der Waals surface area contributed by atoms with Gasteiger partial charge in [0.25, 0.3) is 5.56 Å². The zero-order valence-corrected chi connectivity index (χ0v) is 17.4. The van der Waals surface area contributed by atoms with Crippen molar-refractivity contribution in [3.05, 3.63) is 51.4 Å². The third-order valence-electron chi connectivity index (χ3n) is 6.17. The highest BCUT2D eigenvalue weighted by Gasteiger charge is 2.34. The van der Waals surface area contributed by atoms with Crippen LogP contribution >= 0.6 is 11.6 Å². The number of hydrogen-bond acceptors (Lipinski definition) is 5. The second-order valence-corrected chi connectivity index (χ2v) is 8.57. The summed E-state index contributed by atoms with van der Waals surface area (Å²) in [4.78, 5) is 22.5. The number of fused-ring (bicyclic) bond motifs is 1. The molecule has 3 aromatic rings. The molecule has 0 amide bonds. The molecule has 0 bridgehead atoms. The summed E-state index contributed by atoms with van der Waals surface area (Å²) in [6.07, 6.45) is 6.13. The topological polar surface area (TPSA) is 76.0 Å². The van der Waals surface area contributed by atoms with E-state index in [1.165, 1.54) is 25.0 Å². The van der Waals surface area contributed by atoms with E-state index in [0.717, 1.165) is 12.8 Å². The minimum Gasteiger partial charge on any atom is -0.488 e. The smallest absolute Gasteiger partial charge is 0.262 e. The van der Waals surface area contributed by atoms with Crippen LogP contribution in [0, 0.1) is 5.82 Å². The number of likely N-dealkylation sites (tertiary alicyclic amines) is 1. The van der Waals surface area contributed by atoms with Crippen molar-refractivity contribution in [2.24, 2.45) is 0 Å². The molecule has 1 aliphatic heterocycles. The molecule has 158 valence electrons. The van der Waals surface area contributed by atoms with E-state index in [-0.39, 0.29) is 22.7 Å². The van der Waals surface area contributed by atoms with Crippen molar-refractivity contribution in [1.82, 2.24) is 24.6 Å². The second kappa shape index (κ2) is 7.67. The van der Waals surface area contributed by atoms with E-state index in [1.807, 2.05) is 11.6 Å². The van der Waals surface area contributed by atoms with Gasteiger partial charge in [-0.25, -0.2) is 14.1 Å². The van der Waals surface area contributed by atoms with E-state index < -0.39 is 5.82 Å². The van der Waals surface area contributed by atoms with Gasteiger partial charge in [0.1, 0.15) is 28.9 Å². The van der Waals surface area contributed by atoms with Gasteiger partial charge in [0.15, 0.2) is 5.65 Å². The molecule has 0 radical (unpaired) electrons. The fourth-order valence-electron chi connectivity index (χ4n) is 4.34. The molecule has 3 heterocycles. The highest BCUT2D eigenvalue weighted by Crippen LogP contribution is 2.31. The number of nitrogens with zero attached hydrogens (tertiary/aromatic N) is 4. The molecule has 1 aliphatic carbocycles. The van der Waals surface area contributed by atoms with Crippen LogP contribution < -0.4 is 10.3 Å². The SMILES string of the molecule is C[C@H](c1nc2c(cnn2C2CCCC2)c(=O)[nH]1)N1CC(Oc2ccc(F)c(Cl)c2)C1. The highest BCUT2D eigenvalue weighted by atomic mass is 35.5. The zero-order valence-electron chi connectivity index (χ0n) is 16.6. The predicted molar refractivity (Wildman–Crippen MR) is 111 cm³/mol. The van der Waals surface area contributed by atoms with Crippen LogP contribution in [0.5, 0.6) is 5.75 Å². The summed E-state index contributed by atoms with van der Waals surface area (Å²) in [7, 11) is 0. The molecular weight excluding hydrogens is 409 g/mol. The van der Waals surface area contributed by atoms with Crippen molar-refractivity contribution in [3.8, 4) is 5.75 Å². The first-order chi connectivity index (χ1) is 14.5. The molecule has 1 atom stereocenters. The molecule has 30 heavy (non-hydrogen) atoms. The van der Waals surface area contributed by atoms with Gasteiger partial charge in [-0.2, -0.15) is 5.10 Å². The lowest BCUT2D eigenvalue weighted by molar-refractivity contribution is -0.00738. The summed E-state index contributed by atoms with van der Waals surface area (Å²) >= 11 is 5.82. The van der Waals surface area contributed by atoms with Crippen LogP contribution in [-0.2, 0) is 0 Å². The Hall–Kier alpha value is -2.45. The lowest BCUT2D eigenvalue weighted by atomic mass is 10.1. The number of halogens is 2. The summed E-state index contributed by atoms with van der Waals surface area (Å²) in [5, 5.41) is 5.04. The number of rotatable bonds is 5. The van der Waals surface area contributed by atoms with E-state index in [4.69, 9.17) is 21.3 Å². The van der Waals surface area contributed by atoms with Crippen LogP contribution in [0.2, 0.25) is 5.02 Å². The van der Waals surface area contributed by atoms with Crippen molar-refractivity contribution in [2.75, 3.05) is 13.1 Å². The molecule has 1 saturated carbocycles. The summed E-state index contributed by atoms with van der Waals surface area (Å²) in [5.74, 6) is 0.720. The maximum Gasteiger partial charge on any atom is 0.262 e. The van der Waals surface area contributed by atoms with E-state index in [1.54, 1.807) is 12.3 Å². The molecule has 5 rings (SSSR count). The Bertz CT molecular complexity index is 1130. The lowest BCUT2D eigenvalue weighted by Gasteiger charge is -2.42. The standard InChI is InChI=1S/C21H23ClFN5O2/c1-12(27-10-15(11-27)30-14-6-7-18(23)17(22)8-14)19-25-20-16(21(29)26-19)9-24-28(20)13-4-2-3-5-13/h6-9,12-13,15H,2-5,10-11H2,1H3,(H,25,26,29)/t12-/m1/s1. The first-order valence-electron chi connectivity index (χ1n) is 10.3. The number of aromatic nitrogens is 4. The van der Waals surface area contributed by atoms with Gasteiger partial charge >= 0.3 is 0 Å².